The number of thioether (sulfide) groups is 1. The lowest BCUT2D eigenvalue weighted by Crippen LogP contribution is -2.31. The lowest BCUT2D eigenvalue weighted by Gasteiger charge is -2.28. The summed E-state index contributed by atoms with van der Waals surface area (Å²) in [5, 5.41) is 3.96. The molecular weight excluding hydrogens is 268 g/mol. The van der Waals surface area contributed by atoms with Gasteiger partial charge in [-0.25, -0.2) is 0 Å². The van der Waals surface area contributed by atoms with E-state index in [-0.39, 0.29) is 0 Å². The predicted molar refractivity (Wildman–Crippen MR) is 77.5 cm³/mol. The van der Waals surface area contributed by atoms with Crippen LogP contribution in [0.5, 0.6) is 0 Å². The van der Waals surface area contributed by atoms with Crippen molar-refractivity contribution in [1.82, 2.24) is 4.90 Å². The second kappa shape index (κ2) is 6.45. The molecule has 3 nitrogen and oxygen atoms in total. The first-order valence-corrected chi connectivity index (χ1v) is 7.30. The first-order valence-electron chi connectivity index (χ1n) is 6.04. The Morgan fingerprint density at radius 2 is 2.17 bits per heavy atom. The molecule has 0 saturated carbocycles. The zero-order chi connectivity index (χ0) is 13.0. The molecule has 5 heteroatoms. The van der Waals surface area contributed by atoms with E-state index in [9.17, 15) is 4.79 Å². The maximum Gasteiger partial charge on any atom is 0.211 e. The van der Waals surface area contributed by atoms with Gasteiger partial charge >= 0.3 is 0 Å². The predicted octanol–water partition coefficient (Wildman–Crippen LogP) is 3.09. The number of nitrogens with zero attached hydrogens (tertiary/aromatic N) is 1. The summed E-state index contributed by atoms with van der Waals surface area (Å²) in [6, 6.07) is 5.67. The Hall–Kier alpha value is -0.710. The molecule has 1 saturated heterocycles. The van der Waals surface area contributed by atoms with Gasteiger partial charge in [0.25, 0.3) is 0 Å². The standard InChI is InChI=1S/C13H17ClN2OS/c1-16-6-4-11(5-7-16)18-13-3-2-10(15-9-17)8-12(13)14/h2-3,8-9,11H,4-7H2,1H3,(H,15,17). The molecule has 1 aromatic rings. The SMILES string of the molecule is CN1CCC(Sc2ccc(NC=O)cc2Cl)CC1. The van der Waals surface area contributed by atoms with Crippen molar-refractivity contribution in [2.75, 3.05) is 25.5 Å². The summed E-state index contributed by atoms with van der Waals surface area (Å²) >= 11 is 8.07. The van der Waals surface area contributed by atoms with E-state index >= 15 is 0 Å². The number of amides is 1. The monoisotopic (exact) mass is 284 g/mol. The molecule has 0 bridgehead atoms. The Kier molecular flexibility index (Phi) is 4.92. The molecule has 1 aliphatic heterocycles. The van der Waals surface area contributed by atoms with Crippen LogP contribution >= 0.6 is 23.4 Å². The summed E-state index contributed by atoms with van der Waals surface area (Å²) in [6.45, 7) is 2.31. The van der Waals surface area contributed by atoms with E-state index in [1.54, 1.807) is 6.07 Å². The molecule has 0 spiro atoms. The minimum Gasteiger partial charge on any atom is -0.329 e. The van der Waals surface area contributed by atoms with Gasteiger partial charge in [0, 0.05) is 15.8 Å². The number of carbonyl (C=O) groups is 1. The second-order valence-electron chi connectivity index (χ2n) is 4.53. The molecule has 1 amide bonds. The number of anilines is 1. The third-order valence-corrected chi connectivity index (χ3v) is 4.96. The number of halogens is 1. The van der Waals surface area contributed by atoms with Crippen LogP contribution < -0.4 is 5.32 Å². The highest BCUT2D eigenvalue weighted by Gasteiger charge is 2.18. The molecule has 1 aliphatic rings. The van der Waals surface area contributed by atoms with Gasteiger partial charge in [0.1, 0.15) is 0 Å². The summed E-state index contributed by atoms with van der Waals surface area (Å²) in [7, 11) is 2.16. The van der Waals surface area contributed by atoms with Crippen LogP contribution in [0.2, 0.25) is 5.02 Å². The lowest BCUT2D eigenvalue weighted by molar-refractivity contribution is -0.105. The Morgan fingerprint density at radius 3 is 2.78 bits per heavy atom. The quantitative estimate of drug-likeness (QED) is 0.863. The average Bonchev–Trinajstić information content (AvgIpc) is 2.36. The Labute approximate surface area is 117 Å². The number of likely N-dealkylation sites (tertiary alicyclic amines) is 1. The van der Waals surface area contributed by atoms with Crippen molar-refractivity contribution < 1.29 is 4.79 Å². The summed E-state index contributed by atoms with van der Waals surface area (Å²) in [6.07, 6.45) is 3.06. The molecular formula is C13H17ClN2OS. The van der Waals surface area contributed by atoms with Crippen LogP contribution in [0.4, 0.5) is 5.69 Å². The minimum absolute atomic E-state index is 0.642. The van der Waals surface area contributed by atoms with Crippen molar-refractivity contribution in [2.24, 2.45) is 0 Å². The fourth-order valence-corrected chi connectivity index (χ4v) is 3.47. The number of piperidine rings is 1. The van der Waals surface area contributed by atoms with E-state index in [0.717, 1.165) is 23.7 Å². The summed E-state index contributed by atoms with van der Waals surface area (Å²) in [4.78, 5) is 13.8. The maximum atomic E-state index is 10.4. The van der Waals surface area contributed by atoms with Crippen LogP contribution in [0.1, 0.15) is 12.8 Å². The van der Waals surface area contributed by atoms with Gasteiger partial charge in [0.15, 0.2) is 0 Å². The van der Waals surface area contributed by atoms with E-state index in [2.05, 4.69) is 17.3 Å². The smallest absolute Gasteiger partial charge is 0.211 e. The fraction of sp³-hybridized carbons (Fsp3) is 0.462. The summed E-state index contributed by atoms with van der Waals surface area (Å²) in [5.41, 5.74) is 0.739. The minimum atomic E-state index is 0.642. The lowest BCUT2D eigenvalue weighted by atomic mass is 10.1. The Bertz CT molecular complexity index is 419. The van der Waals surface area contributed by atoms with Gasteiger partial charge in [0.05, 0.1) is 5.02 Å². The molecule has 1 aromatic carbocycles. The highest BCUT2D eigenvalue weighted by Crippen LogP contribution is 2.35. The molecule has 1 heterocycles. The van der Waals surface area contributed by atoms with Crippen LogP contribution in [0.3, 0.4) is 0 Å². The normalized spacial score (nSPS) is 17.7. The van der Waals surface area contributed by atoms with E-state index in [1.165, 1.54) is 12.8 Å². The van der Waals surface area contributed by atoms with Gasteiger partial charge < -0.3 is 10.2 Å². The molecule has 1 N–H and O–H groups in total. The van der Waals surface area contributed by atoms with E-state index < -0.39 is 0 Å². The van der Waals surface area contributed by atoms with E-state index in [4.69, 9.17) is 11.6 Å². The maximum absolute atomic E-state index is 10.4. The highest BCUT2D eigenvalue weighted by atomic mass is 35.5. The Balaban J connectivity index is 1.98. The molecule has 0 unspecified atom stereocenters. The zero-order valence-electron chi connectivity index (χ0n) is 10.4. The number of benzene rings is 1. The third kappa shape index (κ3) is 3.64. The first kappa shape index (κ1) is 13.7. The molecule has 0 aliphatic carbocycles. The molecule has 0 radical (unpaired) electrons. The van der Waals surface area contributed by atoms with Gasteiger partial charge in [-0.2, -0.15) is 0 Å². The molecule has 0 atom stereocenters. The first-order chi connectivity index (χ1) is 8.69. The van der Waals surface area contributed by atoms with Gasteiger partial charge in [-0.05, 0) is 51.2 Å². The van der Waals surface area contributed by atoms with Crippen LogP contribution in [-0.2, 0) is 4.79 Å². The van der Waals surface area contributed by atoms with Gasteiger partial charge in [-0.15, -0.1) is 11.8 Å². The molecule has 0 aromatic heterocycles. The molecule has 18 heavy (non-hydrogen) atoms. The topological polar surface area (TPSA) is 32.3 Å². The number of hydrogen-bond acceptors (Lipinski definition) is 3. The van der Waals surface area contributed by atoms with Crippen LogP contribution in [0.25, 0.3) is 0 Å². The van der Waals surface area contributed by atoms with Crippen LogP contribution in [0.15, 0.2) is 23.1 Å². The highest BCUT2D eigenvalue weighted by molar-refractivity contribution is 8.00. The molecule has 98 valence electrons. The number of nitrogens with one attached hydrogen (secondary N) is 1. The number of hydrogen-bond donors (Lipinski definition) is 1. The largest absolute Gasteiger partial charge is 0.329 e. The van der Waals surface area contributed by atoms with Crippen molar-refractivity contribution in [3.63, 3.8) is 0 Å². The molecule has 2 rings (SSSR count). The Morgan fingerprint density at radius 1 is 1.44 bits per heavy atom. The van der Waals surface area contributed by atoms with Crippen molar-refractivity contribution in [3.8, 4) is 0 Å². The number of carbonyl (C=O) groups excluding carboxylic acids is 1. The van der Waals surface area contributed by atoms with Crippen molar-refractivity contribution in [1.29, 1.82) is 0 Å². The number of rotatable bonds is 4. The average molecular weight is 285 g/mol. The van der Waals surface area contributed by atoms with Crippen molar-refractivity contribution in [3.05, 3.63) is 23.2 Å². The van der Waals surface area contributed by atoms with Gasteiger partial charge in [-0.3, -0.25) is 4.79 Å². The summed E-state index contributed by atoms with van der Waals surface area (Å²) in [5.74, 6) is 0. The van der Waals surface area contributed by atoms with E-state index in [0.29, 0.717) is 16.7 Å². The zero-order valence-corrected chi connectivity index (χ0v) is 11.9. The third-order valence-electron chi connectivity index (χ3n) is 3.12. The van der Waals surface area contributed by atoms with Crippen molar-refractivity contribution >= 4 is 35.5 Å². The fourth-order valence-electron chi connectivity index (χ4n) is 2.04. The second-order valence-corrected chi connectivity index (χ2v) is 6.28. The van der Waals surface area contributed by atoms with Crippen LogP contribution in [0, 0.1) is 0 Å². The van der Waals surface area contributed by atoms with Gasteiger partial charge in [0.2, 0.25) is 6.41 Å². The molecule has 1 fully saturated rings. The van der Waals surface area contributed by atoms with Crippen LogP contribution in [-0.4, -0.2) is 36.7 Å². The summed E-state index contributed by atoms with van der Waals surface area (Å²) < 4.78 is 0. The van der Waals surface area contributed by atoms with E-state index in [1.807, 2.05) is 23.9 Å². The van der Waals surface area contributed by atoms with Crippen molar-refractivity contribution in [2.45, 2.75) is 23.0 Å². The van der Waals surface area contributed by atoms with Gasteiger partial charge in [-0.1, -0.05) is 11.6 Å².